The number of aliphatic hydroxyl groups is 2. The van der Waals surface area contributed by atoms with E-state index in [9.17, 15) is 9.90 Å². The van der Waals surface area contributed by atoms with Crippen LogP contribution >= 0.6 is 0 Å². The molecule has 0 aliphatic rings. The molecule has 3 nitrogen and oxygen atoms in total. The smallest absolute Gasteiger partial charge is 0.150 e. The lowest BCUT2D eigenvalue weighted by atomic mass is 10.0. The van der Waals surface area contributed by atoms with Crippen molar-refractivity contribution in [2.24, 2.45) is 0 Å². The number of aldehydes is 1. The fraction of sp³-hybridized carbons (Fsp3) is 0.211. The number of hydrogen-bond donors (Lipinski definition) is 2. The summed E-state index contributed by atoms with van der Waals surface area (Å²) >= 11 is 0. The lowest BCUT2D eigenvalue weighted by Crippen LogP contribution is -1.98. The van der Waals surface area contributed by atoms with Crippen molar-refractivity contribution in [3.8, 4) is 11.8 Å². The zero-order chi connectivity index (χ0) is 15.8. The van der Waals surface area contributed by atoms with Gasteiger partial charge in [-0.15, -0.1) is 0 Å². The van der Waals surface area contributed by atoms with Crippen molar-refractivity contribution in [3.05, 3.63) is 70.8 Å². The molecule has 0 amide bonds. The molecule has 3 heteroatoms. The van der Waals surface area contributed by atoms with Gasteiger partial charge in [0.15, 0.2) is 0 Å². The predicted octanol–water partition coefficient (Wildman–Crippen LogP) is 2.70. The van der Waals surface area contributed by atoms with E-state index in [-0.39, 0.29) is 6.61 Å². The molecular formula is C19H18O3. The first kappa shape index (κ1) is 16.0. The molecule has 0 aromatic heterocycles. The van der Waals surface area contributed by atoms with Gasteiger partial charge in [-0.05, 0) is 42.7 Å². The van der Waals surface area contributed by atoms with Crippen molar-refractivity contribution in [1.29, 1.82) is 0 Å². The lowest BCUT2D eigenvalue weighted by molar-refractivity contribution is 0.112. The summed E-state index contributed by atoms with van der Waals surface area (Å²) in [7, 11) is 0. The highest BCUT2D eigenvalue weighted by molar-refractivity contribution is 5.74. The molecule has 2 N–H and O–H groups in total. The van der Waals surface area contributed by atoms with E-state index in [1.807, 2.05) is 36.4 Å². The van der Waals surface area contributed by atoms with Gasteiger partial charge in [0.05, 0.1) is 6.10 Å². The molecule has 1 atom stereocenters. The van der Waals surface area contributed by atoms with Gasteiger partial charge in [0.1, 0.15) is 6.29 Å². The Morgan fingerprint density at radius 1 is 0.955 bits per heavy atom. The Kier molecular flexibility index (Phi) is 5.91. The van der Waals surface area contributed by atoms with Crippen molar-refractivity contribution >= 4 is 6.29 Å². The van der Waals surface area contributed by atoms with Gasteiger partial charge in [0, 0.05) is 23.3 Å². The molecule has 0 bridgehead atoms. The molecular weight excluding hydrogens is 276 g/mol. The fourth-order valence-electron chi connectivity index (χ4n) is 2.03. The Morgan fingerprint density at radius 3 is 2.00 bits per heavy atom. The van der Waals surface area contributed by atoms with Crippen molar-refractivity contribution in [2.45, 2.75) is 18.9 Å². The summed E-state index contributed by atoms with van der Waals surface area (Å²) in [6, 6.07) is 14.5. The second kappa shape index (κ2) is 8.14. The van der Waals surface area contributed by atoms with Crippen LogP contribution in [0.3, 0.4) is 0 Å². The monoisotopic (exact) mass is 294 g/mol. The van der Waals surface area contributed by atoms with Crippen molar-refractivity contribution < 1.29 is 15.0 Å². The Bertz CT molecular complexity index is 661. The van der Waals surface area contributed by atoms with Gasteiger partial charge in [0.2, 0.25) is 0 Å². The lowest BCUT2D eigenvalue weighted by Gasteiger charge is -2.09. The van der Waals surface area contributed by atoms with E-state index in [1.165, 1.54) is 0 Å². The second-order valence-electron chi connectivity index (χ2n) is 4.99. The van der Waals surface area contributed by atoms with Gasteiger partial charge < -0.3 is 10.2 Å². The third-order valence-corrected chi connectivity index (χ3v) is 3.33. The van der Waals surface area contributed by atoms with Crippen LogP contribution in [0.2, 0.25) is 0 Å². The molecule has 0 aliphatic heterocycles. The minimum absolute atomic E-state index is 0.0868. The van der Waals surface area contributed by atoms with Crippen molar-refractivity contribution in [1.82, 2.24) is 0 Å². The summed E-state index contributed by atoms with van der Waals surface area (Å²) in [6.07, 6.45) is 1.38. The van der Waals surface area contributed by atoms with E-state index in [4.69, 9.17) is 5.11 Å². The summed E-state index contributed by atoms with van der Waals surface area (Å²) in [6.45, 7) is 0.0868. The van der Waals surface area contributed by atoms with Gasteiger partial charge in [-0.25, -0.2) is 0 Å². The molecule has 112 valence electrons. The Morgan fingerprint density at radius 2 is 1.50 bits per heavy atom. The van der Waals surface area contributed by atoms with Crippen LogP contribution in [0.4, 0.5) is 0 Å². The summed E-state index contributed by atoms with van der Waals surface area (Å²) < 4.78 is 0. The minimum Gasteiger partial charge on any atom is -0.396 e. The van der Waals surface area contributed by atoms with E-state index in [0.717, 1.165) is 23.0 Å². The van der Waals surface area contributed by atoms with Crippen LogP contribution in [0.25, 0.3) is 0 Å². The molecule has 0 saturated heterocycles. The zero-order valence-electron chi connectivity index (χ0n) is 12.2. The van der Waals surface area contributed by atoms with Crippen LogP contribution in [0.1, 0.15) is 46.0 Å². The van der Waals surface area contributed by atoms with E-state index in [1.54, 1.807) is 12.1 Å². The number of hydrogen-bond acceptors (Lipinski definition) is 3. The van der Waals surface area contributed by atoms with Crippen LogP contribution in [-0.2, 0) is 0 Å². The summed E-state index contributed by atoms with van der Waals surface area (Å²) in [5.74, 6) is 6.08. The van der Waals surface area contributed by atoms with Gasteiger partial charge in [0.25, 0.3) is 0 Å². The van der Waals surface area contributed by atoms with Gasteiger partial charge in [-0.2, -0.15) is 0 Å². The number of carbonyl (C=O) groups is 1. The van der Waals surface area contributed by atoms with Crippen LogP contribution in [0.15, 0.2) is 48.5 Å². The molecule has 0 fully saturated rings. The molecule has 0 saturated carbocycles. The van der Waals surface area contributed by atoms with E-state index < -0.39 is 6.10 Å². The van der Waals surface area contributed by atoms with Crippen LogP contribution in [0, 0.1) is 11.8 Å². The van der Waals surface area contributed by atoms with E-state index in [2.05, 4.69) is 11.8 Å². The number of carbonyl (C=O) groups excluding carboxylic acids is 1. The zero-order valence-corrected chi connectivity index (χ0v) is 12.2. The van der Waals surface area contributed by atoms with Crippen LogP contribution in [0.5, 0.6) is 0 Å². The highest BCUT2D eigenvalue weighted by atomic mass is 16.3. The molecule has 0 spiro atoms. The number of aliphatic hydroxyl groups excluding tert-OH is 2. The van der Waals surface area contributed by atoms with E-state index in [0.29, 0.717) is 18.4 Å². The molecule has 1 unspecified atom stereocenters. The van der Waals surface area contributed by atoms with E-state index >= 15 is 0 Å². The predicted molar refractivity (Wildman–Crippen MR) is 85.5 cm³/mol. The first-order valence-electron chi connectivity index (χ1n) is 7.19. The Balaban J connectivity index is 2.04. The maximum atomic E-state index is 10.6. The van der Waals surface area contributed by atoms with Crippen molar-refractivity contribution in [2.75, 3.05) is 6.61 Å². The fourth-order valence-corrected chi connectivity index (χ4v) is 2.03. The third kappa shape index (κ3) is 4.56. The Hall–Kier alpha value is -2.41. The molecule has 22 heavy (non-hydrogen) atoms. The van der Waals surface area contributed by atoms with Crippen molar-refractivity contribution in [3.63, 3.8) is 0 Å². The highest BCUT2D eigenvalue weighted by Crippen LogP contribution is 2.18. The molecule has 2 aromatic carbocycles. The summed E-state index contributed by atoms with van der Waals surface area (Å²) in [4.78, 5) is 10.6. The molecule has 2 aromatic rings. The first-order valence-corrected chi connectivity index (χ1v) is 7.19. The van der Waals surface area contributed by atoms with Crippen LogP contribution in [-0.4, -0.2) is 23.1 Å². The maximum Gasteiger partial charge on any atom is 0.150 e. The Labute approximate surface area is 130 Å². The maximum absolute atomic E-state index is 10.6. The highest BCUT2D eigenvalue weighted by Gasteiger charge is 2.06. The second-order valence-corrected chi connectivity index (χ2v) is 4.99. The molecule has 0 radical (unpaired) electrons. The SMILES string of the molecule is O=Cc1ccc(C#Cc2ccc(C(O)CCCO)cc2)cc1. The van der Waals surface area contributed by atoms with Gasteiger partial charge >= 0.3 is 0 Å². The number of rotatable bonds is 5. The standard InChI is InChI=1S/C19H18O3/c20-13-1-2-19(22)18-11-9-16(10-12-18)4-3-15-5-7-17(14-21)8-6-15/h5-12,14,19-20,22H,1-2,13H2. The molecule has 2 rings (SSSR count). The summed E-state index contributed by atoms with van der Waals surface area (Å²) in [5, 5.41) is 18.7. The van der Waals surface area contributed by atoms with Gasteiger partial charge in [-0.1, -0.05) is 36.1 Å². The largest absolute Gasteiger partial charge is 0.396 e. The van der Waals surface area contributed by atoms with Crippen LogP contribution < -0.4 is 0 Å². The molecule has 0 heterocycles. The minimum atomic E-state index is -0.551. The normalized spacial score (nSPS) is 11.4. The topological polar surface area (TPSA) is 57.5 Å². The molecule has 0 aliphatic carbocycles. The quantitative estimate of drug-likeness (QED) is 0.658. The van der Waals surface area contributed by atoms with Gasteiger partial charge in [-0.3, -0.25) is 4.79 Å². The average Bonchev–Trinajstić information content (AvgIpc) is 2.58. The third-order valence-electron chi connectivity index (χ3n) is 3.33. The first-order chi connectivity index (χ1) is 10.7. The average molecular weight is 294 g/mol. The number of benzene rings is 2. The summed E-state index contributed by atoms with van der Waals surface area (Å²) in [5.41, 5.74) is 3.16.